The molecule has 0 saturated carbocycles. The van der Waals surface area contributed by atoms with Crippen molar-refractivity contribution in [2.24, 2.45) is 0 Å². The van der Waals surface area contributed by atoms with Crippen LogP contribution in [0, 0.1) is 0 Å². The highest BCUT2D eigenvalue weighted by atomic mass is 35.5. The van der Waals surface area contributed by atoms with Crippen LogP contribution < -0.4 is 0 Å². The summed E-state index contributed by atoms with van der Waals surface area (Å²) >= 11 is 6.62. The normalized spacial score (nSPS) is 11.1. The van der Waals surface area contributed by atoms with Gasteiger partial charge in [-0.05, 0) is 48.7 Å². The summed E-state index contributed by atoms with van der Waals surface area (Å²) < 4.78 is 12.3. The van der Waals surface area contributed by atoms with Crippen molar-refractivity contribution in [1.82, 2.24) is 14.5 Å². The molecule has 5 rings (SSSR count). The second kappa shape index (κ2) is 16.1. The molecule has 0 amide bonds. The van der Waals surface area contributed by atoms with E-state index in [9.17, 15) is 14.7 Å². The van der Waals surface area contributed by atoms with Crippen molar-refractivity contribution in [3.63, 3.8) is 0 Å². The molecule has 0 aliphatic rings. The van der Waals surface area contributed by atoms with E-state index in [4.69, 9.17) is 26.1 Å². The van der Waals surface area contributed by atoms with Crippen molar-refractivity contribution >= 4 is 23.5 Å². The number of methoxy groups -OCH3 is 1. The minimum atomic E-state index is -0.392. The number of esters is 2. The molecule has 1 N–H and O–H groups in total. The molecule has 1 heterocycles. The van der Waals surface area contributed by atoms with Crippen LogP contribution in [0.5, 0.6) is 5.75 Å². The number of carbonyl (C=O) groups is 2. The third kappa shape index (κ3) is 8.67. The van der Waals surface area contributed by atoms with Crippen LogP contribution in [-0.2, 0) is 40.4 Å². The Kier molecular flexibility index (Phi) is 11.4. The molecule has 242 valence electrons. The summed E-state index contributed by atoms with van der Waals surface area (Å²) in [6, 6.07) is 32.5. The van der Waals surface area contributed by atoms with Gasteiger partial charge in [-0.2, -0.15) is 0 Å². The van der Waals surface area contributed by atoms with Crippen molar-refractivity contribution in [3.05, 3.63) is 131 Å². The van der Waals surface area contributed by atoms with Gasteiger partial charge in [0.2, 0.25) is 0 Å². The first-order valence-electron chi connectivity index (χ1n) is 15.6. The lowest BCUT2D eigenvalue weighted by atomic mass is 10.1. The van der Waals surface area contributed by atoms with Gasteiger partial charge in [-0.3, -0.25) is 9.69 Å². The quantitative estimate of drug-likeness (QED) is 0.122. The predicted molar refractivity (Wildman–Crippen MR) is 183 cm³/mol. The zero-order chi connectivity index (χ0) is 33.2. The summed E-state index contributed by atoms with van der Waals surface area (Å²) in [6.07, 6.45) is 0.870. The number of hydrogen-bond acceptors (Lipinski definition) is 7. The molecule has 5 aromatic rings. The van der Waals surface area contributed by atoms with Gasteiger partial charge in [-0.1, -0.05) is 90.5 Å². The maximum atomic E-state index is 12.3. The standard InChI is InChI=1S/C38H38ClN3O5/c1-3-47-35(44)15-10-22-42-34(36(28-11-6-4-7-12-28)40-37(42)29-13-8-5-9-14-29)26-41(25-31-20-21-32(43)23-33(31)39)24-27-16-18-30(19-17-27)38(45)46-2/h4-9,11-14,16-21,23,43H,3,10,15,22,24-26H2,1-2H3. The number of hydrogen-bond donors (Lipinski definition) is 1. The number of nitrogens with zero attached hydrogens (tertiary/aromatic N) is 3. The van der Waals surface area contributed by atoms with Crippen molar-refractivity contribution < 1.29 is 24.2 Å². The van der Waals surface area contributed by atoms with E-state index in [0.29, 0.717) is 56.2 Å². The number of rotatable bonds is 14. The summed E-state index contributed by atoms with van der Waals surface area (Å²) in [5.41, 5.74) is 6.11. The van der Waals surface area contributed by atoms with Crippen molar-refractivity contribution in [1.29, 1.82) is 0 Å². The highest BCUT2D eigenvalue weighted by Gasteiger charge is 2.23. The maximum absolute atomic E-state index is 12.3. The second-order valence-corrected chi connectivity index (χ2v) is 11.5. The highest BCUT2D eigenvalue weighted by molar-refractivity contribution is 6.31. The van der Waals surface area contributed by atoms with Crippen LogP contribution in [0.3, 0.4) is 0 Å². The van der Waals surface area contributed by atoms with Crippen molar-refractivity contribution in [3.8, 4) is 28.4 Å². The minimum Gasteiger partial charge on any atom is -0.508 e. The van der Waals surface area contributed by atoms with Crippen LogP contribution >= 0.6 is 11.6 Å². The molecule has 0 bridgehead atoms. The van der Waals surface area contributed by atoms with Gasteiger partial charge in [0.25, 0.3) is 0 Å². The Morgan fingerprint density at radius 3 is 2.19 bits per heavy atom. The number of phenols is 1. The second-order valence-electron chi connectivity index (χ2n) is 11.1. The fourth-order valence-corrected chi connectivity index (χ4v) is 5.78. The van der Waals surface area contributed by atoms with E-state index in [-0.39, 0.29) is 11.7 Å². The fourth-order valence-electron chi connectivity index (χ4n) is 5.54. The molecule has 4 aromatic carbocycles. The van der Waals surface area contributed by atoms with E-state index < -0.39 is 5.97 Å². The average Bonchev–Trinajstić information content (AvgIpc) is 3.44. The molecule has 47 heavy (non-hydrogen) atoms. The van der Waals surface area contributed by atoms with Crippen LogP contribution in [0.2, 0.25) is 5.02 Å². The van der Waals surface area contributed by atoms with Crippen molar-refractivity contribution in [2.45, 2.75) is 45.9 Å². The molecule has 0 fully saturated rings. The molecule has 1 aromatic heterocycles. The molecule has 0 atom stereocenters. The van der Waals surface area contributed by atoms with Gasteiger partial charge >= 0.3 is 11.9 Å². The number of benzene rings is 4. The van der Waals surface area contributed by atoms with E-state index in [2.05, 4.69) is 21.6 Å². The van der Waals surface area contributed by atoms with Gasteiger partial charge < -0.3 is 19.1 Å². The summed E-state index contributed by atoms with van der Waals surface area (Å²) in [5.74, 6) is 0.297. The van der Waals surface area contributed by atoms with E-state index in [1.807, 2.05) is 73.7 Å². The summed E-state index contributed by atoms with van der Waals surface area (Å²) in [7, 11) is 1.36. The largest absolute Gasteiger partial charge is 0.508 e. The van der Waals surface area contributed by atoms with Gasteiger partial charge in [0.15, 0.2) is 0 Å². The monoisotopic (exact) mass is 651 g/mol. The first-order chi connectivity index (χ1) is 22.9. The number of aromatic nitrogens is 2. The molecule has 0 spiro atoms. The number of halogens is 1. The summed E-state index contributed by atoms with van der Waals surface area (Å²) in [4.78, 5) is 31.9. The van der Waals surface area contributed by atoms with Gasteiger partial charge in [0.05, 0.1) is 30.7 Å². The van der Waals surface area contributed by atoms with Crippen LogP contribution in [0.1, 0.15) is 46.9 Å². The Bertz CT molecular complexity index is 1790. The molecule has 0 aliphatic heterocycles. The molecule has 0 unspecified atom stereocenters. The predicted octanol–water partition coefficient (Wildman–Crippen LogP) is 7.91. The molecule has 8 nitrogen and oxygen atoms in total. The first-order valence-corrected chi connectivity index (χ1v) is 16.0. The van der Waals surface area contributed by atoms with Crippen LogP contribution in [-0.4, -0.2) is 45.2 Å². The fraction of sp³-hybridized carbons (Fsp3) is 0.237. The molecule has 9 heteroatoms. The molecular formula is C38H38ClN3O5. The van der Waals surface area contributed by atoms with Crippen LogP contribution in [0.15, 0.2) is 103 Å². The Labute approximate surface area is 280 Å². The number of phenolic OH excluding ortho intramolecular Hbond substituents is 1. The van der Waals surface area contributed by atoms with Gasteiger partial charge in [-0.15, -0.1) is 0 Å². The van der Waals surface area contributed by atoms with Gasteiger partial charge in [0.1, 0.15) is 11.6 Å². The third-order valence-electron chi connectivity index (χ3n) is 7.80. The van der Waals surface area contributed by atoms with Crippen LogP contribution in [0.4, 0.5) is 0 Å². The zero-order valence-electron chi connectivity index (χ0n) is 26.6. The average molecular weight is 652 g/mol. The Morgan fingerprint density at radius 1 is 0.872 bits per heavy atom. The lowest BCUT2D eigenvalue weighted by Crippen LogP contribution is -2.25. The lowest BCUT2D eigenvalue weighted by Gasteiger charge is -2.25. The first kappa shape index (κ1) is 33.4. The Morgan fingerprint density at radius 2 is 1.55 bits per heavy atom. The maximum Gasteiger partial charge on any atom is 0.337 e. The van der Waals surface area contributed by atoms with Gasteiger partial charge in [0, 0.05) is 48.7 Å². The number of ether oxygens (including phenoxy) is 2. The van der Waals surface area contributed by atoms with E-state index >= 15 is 0 Å². The molecule has 0 aliphatic carbocycles. The molecule has 0 saturated heterocycles. The summed E-state index contributed by atoms with van der Waals surface area (Å²) in [5, 5.41) is 10.5. The van der Waals surface area contributed by atoms with E-state index in [0.717, 1.165) is 39.5 Å². The smallest absolute Gasteiger partial charge is 0.337 e. The Balaban J connectivity index is 1.59. The minimum absolute atomic E-state index is 0.0993. The SMILES string of the molecule is CCOC(=O)CCCn1c(-c2ccccc2)nc(-c2ccccc2)c1CN(Cc1ccc(C(=O)OC)cc1)Cc1ccc(O)cc1Cl. The Hall–Kier alpha value is -4.92. The lowest BCUT2D eigenvalue weighted by molar-refractivity contribution is -0.143. The highest BCUT2D eigenvalue weighted by Crippen LogP contribution is 2.32. The number of aromatic hydroxyl groups is 1. The van der Waals surface area contributed by atoms with Gasteiger partial charge in [-0.25, -0.2) is 9.78 Å². The molecular weight excluding hydrogens is 614 g/mol. The van der Waals surface area contributed by atoms with E-state index in [1.165, 1.54) is 7.11 Å². The third-order valence-corrected chi connectivity index (χ3v) is 8.16. The van der Waals surface area contributed by atoms with E-state index in [1.54, 1.807) is 24.3 Å². The van der Waals surface area contributed by atoms with Crippen LogP contribution in [0.25, 0.3) is 22.6 Å². The van der Waals surface area contributed by atoms with Crippen molar-refractivity contribution in [2.75, 3.05) is 13.7 Å². The topological polar surface area (TPSA) is 93.9 Å². The number of imidazole rings is 1. The summed E-state index contributed by atoms with van der Waals surface area (Å²) in [6.45, 7) is 4.20. The number of carbonyl (C=O) groups excluding carboxylic acids is 2. The zero-order valence-corrected chi connectivity index (χ0v) is 27.3. The molecule has 0 radical (unpaired) electrons.